The quantitative estimate of drug-likeness (QED) is 0.724. The lowest BCUT2D eigenvalue weighted by atomic mass is 9.88. The molecule has 1 saturated carbocycles. The molecule has 0 atom stereocenters. The molecule has 2 fully saturated rings. The first-order valence-corrected chi connectivity index (χ1v) is 11.4. The van der Waals surface area contributed by atoms with E-state index in [0.29, 0.717) is 43.1 Å². The highest BCUT2D eigenvalue weighted by Gasteiger charge is 2.27. The molecule has 2 N–H and O–H groups in total. The maximum atomic E-state index is 14.7. The molecular weight excluding hydrogens is 393 g/mol. The molecular formula is C25H32FN3O2. The zero-order valence-electron chi connectivity index (χ0n) is 18.3. The van der Waals surface area contributed by atoms with Crippen molar-refractivity contribution in [3.05, 3.63) is 53.0 Å². The van der Waals surface area contributed by atoms with Crippen LogP contribution in [0.2, 0.25) is 0 Å². The van der Waals surface area contributed by atoms with Crippen molar-refractivity contribution in [1.82, 2.24) is 9.88 Å². The molecule has 166 valence electrons. The minimum absolute atomic E-state index is 0.119. The van der Waals surface area contributed by atoms with Crippen molar-refractivity contribution < 1.29 is 13.9 Å². The molecule has 1 aromatic carbocycles. The zero-order chi connectivity index (χ0) is 21.8. The third-order valence-corrected chi connectivity index (χ3v) is 6.78. The molecule has 5 nitrogen and oxygen atoms in total. The first-order valence-electron chi connectivity index (χ1n) is 11.4. The molecule has 1 saturated heterocycles. The Morgan fingerprint density at radius 1 is 1.16 bits per heavy atom. The van der Waals surface area contributed by atoms with Crippen molar-refractivity contribution in [2.24, 2.45) is 5.92 Å². The Morgan fingerprint density at radius 3 is 2.58 bits per heavy atom. The van der Waals surface area contributed by atoms with Gasteiger partial charge in [0.2, 0.25) is 0 Å². The molecule has 31 heavy (non-hydrogen) atoms. The minimum atomic E-state index is -0.508. The van der Waals surface area contributed by atoms with Crippen LogP contribution >= 0.6 is 0 Å². The maximum absolute atomic E-state index is 14.7. The number of piperidine rings is 1. The Balaban J connectivity index is 1.34. The number of hydrogen-bond donors (Lipinski definition) is 1. The number of rotatable bonds is 5. The lowest BCUT2D eigenvalue weighted by Gasteiger charge is -2.33. The van der Waals surface area contributed by atoms with Crippen molar-refractivity contribution in [2.75, 3.05) is 25.4 Å². The van der Waals surface area contributed by atoms with E-state index in [4.69, 9.17) is 10.5 Å². The largest absolute Gasteiger partial charge is 0.493 e. The molecule has 0 radical (unpaired) electrons. The van der Waals surface area contributed by atoms with Crippen LogP contribution in [-0.2, 0) is 0 Å². The van der Waals surface area contributed by atoms with Gasteiger partial charge in [0.15, 0.2) is 0 Å². The van der Waals surface area contributed by atoms with Crippen LogP contribution in [0, 0.1) is 18.7 Å². The SMILES string of the molecule is Cc1cc(N)ncc1C1CCN(C(=O)c2ccc(OCC3CCCCC3)cc2F)CC1. The average Bonchev–Trinajstić information content (AvgIpc) is 2.78. The van der Waals surface area contributed by atoms with E-state index in [2.05, 4.69) is 4.98 Å². The van der Waals surface area contributed by atoms with Gasteiger partial charge < -0.3 is 15.4 Å². The van der Waals surface area contributed by atoms with Crippen molar-refractivity contribution >= 4 is 11.7 Å². The van der Waals surface area contributed by atoms with Crippen molar-refractivity contribution in [2.45, 2.75) is 57.8 Å². The summed E-state index contributed by atoms with van der Waals surface area (Å²) in [5, 5.41) is 0. The van der Waals surface area contributed by atoms with Crippen LogP contribution in [0.3, 0.4) is 0 Å². The normalized spacial score (nSPS) is 18.2. The Bertz CT molecular complexity index is 919. The van der Waals surface area contributed by atoms with E-state index in [-0.39, 0.29) is 11.5 Å². The number of halogens is 1. The van der Waals surface area contributed by atoms with Gasteiger partial charge in [0, 0.05) is 25.4 Å². The molecule has 0 bridgehead atoms. The lowest BCUT2D eigenvalue weighted by molar-refractivity contribution is 0.0708. The molecule has 2 aliphatic rings. The van der Waals surface area contributed by atoms with E-state index in [9.17, 15) is 9.18 Å². The fourth-order valence-electron chi connectivity index (χ4n) is 4.91. The van der Waals surface area contributed by atoms with E-state index < -0.39 is 5.82 Å². The fraction of sp³-hybridized carbons (Fsp3) is 0.520. The van der Waals surface area contributed by atoms with Crippen LogP contribution in [0.4, 0.5) is 10.2 Å². The fourth-order valence-corrected chi connectivity index (χ4v) is 4.91. The molecule has 1 aliphatic carbocycles. The number of hydrogen-bond acceptors (Lipinski definition) is 4. The predicted molar refractivity (Wildman–Crippen MR) is 120 cm³/mol. The van der Waals surface area contributed by atoms with Crippen LogP contribution < -0.4 is 10.5 Å². The Labute approximate surface area is 183 Å². The monoisotopic (exact) mass is 425 g/mol. The number of carbonyl (C=O) groups is 1. The van der Waals surface area contributed by atoms with E-state index >= 15 is 0 Å². The molecule has 4 rings (SSSR count). The van der Waals surface area contributed by atoms with Crippen LogP contribution in [0.5, 0.6) is 5.75 Å². The van der Waals surface area contributed by atoms with Crippen molar-refractivity contribution in [3.63, 3.8) is 0 Å². The van der Waals surface area contributed by atoms with Crippen molar-refractivity contribution in [1.29, 1.82) is 0 Å². The van der Waals surface area contributed by atoms with E-state index in [1.165, 1.54) is 43.7 Å². The highest BCUT2D eigenvalue weighted by molar-refractivity contribution is 5.94. The molecule has 2 aromatic rings. The van der Waals surface area contributed by atoms with Gasteiger partial charge in [0.05, 0.1) is 12.2 Å². The molecule has 1 aliphatic heterocycles. The van der Waals surface area contributed by atoms with Gasteiger partial charge in [-0.25, -0.2) is 9.37 Å². The summed E-state index contributed by atoms with van der Waals surface area (Å²) in [7, 11) is 0. The standard InChI is InChI=1S/C25H32FN3O2/c1-17-13-24(27)28-15-22(17)19-9-11-29(12-10-19)25(30)21-8-7-20(14-23(21)26)31-16-18-5-3-2-4-6-18/h7-8,13-15,18-19H,2-6,9-12,16H2,1H3,(H2,27,28). The summed E-state index contributed by atoms with van der Waals surface area (Å²) in [5.74, 6) is 1.17. The number of ether oxygens (including phenoxy) is 1. The molecule has 6 heteroatoms. The van der Waals surface area contributed by atoms with Crippen LogP contribution in [-0.4, -0.2) is 35.5 Å². The number of nitrogen functional groups attached to an aromatic ring is 1. The van der Waals surface area contributed by atoms with E-state index in [1.807, 2.05) is 19.2 Å². The summed E-state index contributed by atoms with van der Waals surface area (Å²) in [6.07, 6.45) is 9.68. The number of nitrogens with two attached hydrogens (primary N) is 1. The summed E-state index contributed by atoms with van der Waals surface area (Å²) >= 11 is 0. The van der Waals surface area contributed by atoms with E-state index in [1.54, 1.807) is 17.0 Å². The van der Waals surface area contributed by atoms with Gasteiger partial charge in [-0.1, -0.05) is 19.3 Å². The average molecular weight is 426 g/mol. The maximum Gasteiger partial charge on any atom is 0.256 e. The summed E-state index contributed by atoms with van der Waals surface area (Å²) in [5.41, 5.74) is 8.19. The summed E-state index contributed by atoms with van der Waals surface area (Å²) in [6.45, 7) is 3.87. The molecule has 2 heterocycles. The number of pyridine rings is 1. The molecule has 0 spiro atoms. The second-order valence-electron chi connectivity index (χ2n) is 8.99. The molecule has 1 aromatic heterocycles. The van der Waals surface area contributed by atoms with Gasteiger partial charge in [-0.3, -0.25) is 4.79 Å². The Hall–Kier alpha value is -2.63. The molecule has 1 amide bonds. The van der Waals surface area contributed by atoms with Crippen LogP contribution in [0.15, 0.2) is 30.5 Å². The van der Waals surface area contributed by atoms with Gasteiger partial charge in [-0.05, 0) is 73.8 Å². The predicted octanol–water partition coefficient (Wildman–Crippen LogP) is 5.09. The first kappa shape index (κ1) is 21.6. The summed E-state index contributed by atoms with van der Waals surface area (Å²) in [6, 6.07) is 6.52. The van der Waals surface area contributed by atoms with Gasteiger partial charge in [0.25, 0.3) is 5.91 Å². The second kappa shape index (κ2) is 9.67. The Morgan fingerprint density at radius 2 is 1.90 bits per heavy atom. The van der Waals surface area contributed by atoms with E-state index in [0.717, 1.165) is 18.4 Å². The third-order valence-electron chi connectivity index (χ3n) is 6.78. The second-order valence-corrected chi connectivity index (χ2v) is 8.99. The first-order chi connectivity index (χ1) is 15.0. The number of benzene rings is 1. The minimum Gasteiger partial charge on any atom is -0.493 e. The lowest BCUT2D eigenvalue weighted by Crippen LogP contribution is -2.38. The summed E-state index contributed by atoms with van der Waals surface area (Å²) in [4.78, 5) is 18.9. The Kier molecular flexibility index (Phi) is 6.73. The number of aryl methyl sites for hydroxylation is 1. The number of likely N-dealkylation sites (tertiary alicyclic amines) is 1. The van der Waals surface area contributed by atoms with Gasteiger partial charge in [-0.2, -0.15) is 0 Å². The van der Waals surface area contributed by atoms with Gasteiger partial charge in [-0.15, -0.1) is 0 Å². The zero-order valence-corrected chi connectivity index (χ0v) is 18.3. The number of nitrogens with zero attached hydrogens (tertiary/aromatic N) is 2. The van der Waals surface area contributed by atoms with Crippen LogP contribution in [0.1, 0.15) is 72.3 Å². The van der Waals surface area contributed by atoms with Crippen LogP contribution in [0.25, 0.3) is 0 Å². The number of amides is 1. The number of aromatic nitrogens is 1. The van der Waals surface area contributed by atoms with Gasteiger partial charge in [0.1, 0.15) is 17.4 Å². The van der Waals surface area contributed by atoms with Gasteiger partial charge >= 0.3 is 0 Å². The third kappa shape index (κ3) is 5.17. The highest BCUT2D eigenvalue weighted by Crippen LogP contribution is 2.31. The smallest absolute Gasteiger partial charge is 0.256 e. The van der Waals surface area contributed by atoms with Crippen molar-refractivity contribution in [3.8, 4) is 5.75 Å². The number of carbonyl (C=O) groups excluding carboxylic acids is 1. The topological polar surface area (TPSA) is 68.5 Å². The number of anilines is 1. The highest BCUT2D eigenvalue weighted by atomic mass is 19.1. The summed E-state index contributed by atoms with van der Waals surface area (Å²) < 4.78 is 20.5. The molecule has 0 unspecified atom stereocenters.